The van der Waals surface area contributed by atoms with Crippen LogP contribution in [-0.4, -0.2) is 12.4 Å². The van der Waals surface area contributed by atoms with Crippen LogP contribution >= 0.6 is 0 Å². The Morgan fingerprint density at radius 3 is 2.89 bits per heavy atom. The Bertz CT molecular complexity index is 663. The molecule has 1 heterocycles. The zero-order valence-electron chi connectivity index (χ0n) is 10.2. The number of aliphatic hydroxyl groups is 1. The average Bonchev–Trinajstić information content (AvgIpc) is 2.80. The van der Waals surface area contributed by atoms with Gasteiger partial charge < -0.3 is 9.84 Å². The van der Waals surface area contributed by atoms with E-state index in [2.05, 4.69) is 6.07 Å². The first-order valence-electron chi connectivity index (χ1n) is 6.08. The minimum absolute atomic E-state index is 0.510. The third-order valence-electron chi connectivity index (χ3n) is 3.20. The van der Waals surface area contributed by atoms with E-state index in [9.17, 15) is 5.11 Å². The molecule has 1 aliphatic rings. The zero-order chi connectivity index (χ0) is 13.2. The topological polar surface area (TPSA) is 53.2 Å². The second-order valence-electron chi connectivity index (χ2n) is 4.49. The van der Waals surface area contributed by atoms with Crippen molar-refractivity contribution in [2.45, 2.75) is 12.3 Å². The fourth-order valence-corrected chi connectivity index (χ4v) is 2.23. The summed E-state index contributed by atoms with van der Waals surface area (Å²) in [4.78, 5) is 0. The summed E-state index contributed by atoms with van der Waals surface area (Å²) in [6.07, 6.45) is 0.792. The molecule has 0 saturated heterocycles. The lowest BCUT2D eigenvalue weighted by Crippen LogP contribution is -1.98. The highest BCUT2D eigenvalue weighted by atomic mass is 16.5. The van der Waals surface area contributed by atoms with Crippen molar-refractivity contribution in [2.75, 3.05) is 0 Å². The lowest BCUT2D eigenvalue weighted by molar-refractivity contribution is 0.261. The van der Waals surface area contributed by atoms with Crippen molar-refractivity contribution in [1.82, 2.24) is 0 Å². The normalized spacial score (nSPS) is 16.3. The second kappa shape index (κ2) is 4.79. The van der Waals surface area contributed by atoms with Crippen LogP contribution in [0.3, 0.4) is 0 Å². The third kappa shape index (κ3) is 2.33. The highest BCUT2D eigenvalue weighted by Gasteiger charge is 2.21. The first kappa shape index (κ1) is 11.8. The van der Waals surface area contributed by atoms with Crippen LogP contribution in [0.2, 0.25) is 0 Å². The third-order valence-corrected chi connectivity index (χ3v) is 3.20. The quantitative estimate of drug-likeness (QED) is 0.831. The monoisotopic (exact) mass is 248 g/mol. The number of benzene rings is 2. The number of ether oxygens (including phenoxy) is 1. The van der Waals surface area contributed by atoms with Gasteiger partial charge in [-0.2, -0.15) is 5.26 Å². The Morgan fingerprint density at radius 2 is 2.05 bits per heavy atom. The van der Waals surface area contributed by atoms with Crippen LogP contribution < -0.4 is 4.74 Å². The molecule has 0 fully saturated rings. The number of nitriles is 1. The lowest BCUT2D eigenvalue weighted by atomic mass is 9.73. The van der Waals surface area contributed by atoms with Crippen LogP contribution in [0.15, 0.2) is 42.5 Å². The zero-order valence-corrected chi connectivity index (χ0v) is 10.2. The number of nitrogens with zero attached hydrogens (tertiary/aromatic N) is 1. The van der Waals surface area contributed by atoms with Crippen LogP contribution in [0.5, 0.6) is 11.5 Å². The maximum Gasteiger partial charge on any atom is 0.160 e. The molecule has 0 saturated carbocycles. The van der Waals surface area contributed by atoms with Gasteiger partial charge in [-0.3, -0.25) is 0 Å². The van der Waals surface area contributed by atoms with E-state index < -0.39 is 6.00 Å². The molecule has 0 amide bonds. The van der Waals surface area contributed by atoms with E-state index in [1.165, 1.54) is 0 Å². The number of aliphatic hydroxyl groups excluding tert-OH is 1. The van der Waals surface area contributed by atoms with E-state index in [0.717, 1.165) is 17.4 Å². The van der Waals surface area contributed by atoms with E-state index >= 15 is 0 Å². The summed E-state index contributed by atoms with van der Waals surface area (Å²) in [6, 6.07) is 14.3. The molecule has 91 valence electrons. The summed E-state index contributed by atoms with van der Waals surface area (Å²) in [5, 5.41) is 18.6. The van der Waals surface area contributed by atoms with Gasteiger partial charge in [0, 0.05) is 6.00 Å². The minimum Gasteiger partial charge on any atom is -0.457 e. The molecule has 3 rings (SSSR count). The standard InChI is InChI=1S/C15H11BNO2/c17-9-10-2-1-3-12(6-10)19-13-5-4-11-8-16-15(18)14(11)7-13/h1-7,15,18H,8H2. The van der Waals surface area contributed by atoms with Gasteiger partial charge in [0.15, 0.2) is 7.28 Å². The molecule has 2 aromatic rings. The Hall–Kier alpha value is -2.25. The van der Waals surface area contributed by atoms with Crippen LogP contribution in [0.25, 0.3) is 0 Å². The van der Waals surface area contributed by atoms with Crippen LogP contribution in [0, 0.1) is 11.3 Å². The molecule has 3 nitrogen and oxygen atoms in total. The van der Waals surface area contributed by atoms with Crippen LogP contribution in [-0.2, 0) is 6.32 Å². The molecule has 4 heteroatoms. The van der Waals surface area contributed by atoms with Crippen molar-refractivity contribution in [3.63, 3.8) is 0 Å². The molecule has 2 aromatic carbocycles. The maximum absolute atomic E-state index is 9.80. The molecule has 19 heavy (non-hydrogen) atoms. The average molecular weight is 248 g/mol. The van der Waals surface area contributed by atoms with E-state index in [1.807, 2.05) is 25.5 Å². The molecule has 1 aliphatic heterocycles. The van der Waals surface area contributed by atoms with Gasteiger partial charge in [-0.05, 0) is 35.9 Å². The van der Waals surface area contributed by atoms with Crippen molar-refractivity contribution >= 4 is 7.28 Å². The summed E-state index contributed by atoms with van der Waals surface area (Å²) < 4.78 is 5.72. The number of hydrogen-bond acceptors (Lipinski definition) is 3. The van der Waals surface area contributed by atoms with Gasteiger partial charge in [0.05, 0.1) is 11.6 Å². The van der Waals surface area contributed by atoms with Crippen LogP contribution in [0.1, 0.15) is 22.7 Å². The second-order valence-corrected chi connectivity index (χ2v) is 4.49. The summed E-state index contributed by atoms with van der Waals surface area (Å²) in [5.74, 6) is 1.29. The van der Waals surface area contributed by atoms with Gasteiger partial charge in [0.2, 0.25) is 0 Å². The van der Waals surface area contributed by atoms with Gasteiger partial charge in [0.25, 0.3) is 0 Å². The molecule has 1 unspecified atom stereocenters. The largest absolute Gasteiger partial charge is 0.457 e. The predicted octanol–water partition coefficient (Wildman–Crippen LogP) is 2.56. The van der Waals surface area contributed by atoms with E-state index in [1.54, 1.807) is 24.3 Å². The Kier molecular flexibility index (Phi) is 2.98. The molecular weight excluding hydrogens is 237 g/mol. The van der Waals surface area contributed by atoms with E-state index in [-0.39, 0.29) is 0 Å². The molecular formula is C15H11BNO2. The molecule has 1 radical (unpaired) electrons. The van der Waals surface area contributed by atoms with Gasteiger partial charge >= 0.3 is 0 Å². The maximum atomic E-state index is 9.80. The van der Waals surface area contributed by atoms with Gasteiger partial charge in [0.1, 0.15) is 11.5 Å². The Labute approximate surface area is 112 Å². The Balaban J connectivity index is 1.88. The number of hydrogen-bond donors (Lipinski definition) is 1. The first-order valence-corrected chi connectivity index (χ1v) is 6.08. The summed E-state index contributed by atoms with van der Waals surface area (Å²) >= 11 is 0. The molecule has 0 aliphatic carbocycles. The Morgan fingerprint density at radius 1 is 1.21 bits per heavy atom. The van der Waals surface area contributed by atoms with Gasteiger partial charge in [-0.25, -0.2) is 0 Å². The van der Waals surface area contributed by atoms with Crippen LogP contribution in [0.4, 0.5) is 0 Å². The van der Waals surface area contributed by atoms with Crippen molar-refractivity contribution in [3.05, 3.63) is 59.2 Å². The number of rotatable bonds is 2. The smallest absolute Gasteiger partial charge is 0.160 e. The number of fused-ring (bicyclic) bond motifs is 1. The minimum atomic E-state index is -0.510. The molecule has 0 spiro atoms. The van der Waals surface area contributed by atoms with Crippen molar-refractivity contribution in [2.24, 2.45) is 0 Å². The molecule has 1 N–H and O–H groups in total. The SMILES string of the molecule is N#Cc1cccc(Oc2ccc3c(c2)C(O)[B]C3)c1. The van der Waals surface area contributed by atoms with Crippen molar-refractivity contribution in [3.8, 4) is 17.6 Å². The van der Waals surface area contributed by atoms with E-state index in [0.29, 0.717) is 17.1 Å². The van der Waals surface area contributed by atoms with E-state index in [4.69, 9.17) is 10.00 Å². The molecule has 1 atom stereocenters. The molecule has 0 bridgehead atoms. The first-order chi connectivity index (χ1) is 9.26. The van der Waals surface area contributed by atoms with Gasteiger partial charge in [-0.15, -0.1) is 0 Å². The highest BCUT2D eigenvalue weighted by molar-refractivity contribution is 6.38. The highest BCUT2D eigenvalue weighted by Crippen LogP contribution is 2.31. The summed E-state index contributed by atoms with van der Waals surface area (Å²) in [7, 11) is 1.87. The summed E-state index contributed by atoms with van der Waals surface area (Å²) in [5.41, 5.74) is 2.59. The lowest BCUT2D eigenvalue weighted by Gasteiger charge is -2.09. The fraction of sp³-hybridized carbons (Fsp3) is 0.133. The van der Waals surface area contributed by atoms with Gasteiger partial charge in [-0.1, -0.05) is 24.0 Å². The van der Waals surface area contributed by atoms with Crippen molar-refractivity contribution < 1.29 is 9.84 Å². The fourth-order valence-electron chi connectivity index (χ4n) is 2.23. The molecule has 0 aromatic heterocycles. The summed E-state index contributed by atoms with van der Waals surface area (Å²) in [6.45, 7) is 0. The predicted molar refractivity (Wildman–Crippen MR) is 72.1 cm³/mol. The van der Waals surface area contributed by atoms with Crippen molar-refractivity contribution in [1.29, 1.82) is 5.26 Å².